The molecule has 0 fully saturated rings. The van der Waals surface area contributed by atoms with Crippen LogP contribution in [0.5, 0.6) is 0 Å². The summed E-state index contributed by atoms with van der Waals surface area (Å²) in [6.07, 6.45) is 1.75. The molecule has 1 aromatic carbocycles. The third-order valence-electron chi connectivity index (χ3n) is 3.91. The molecule has 9 heteroatoms. The smallest absolute Gasteiger partial charge is 0.242 e. The van der Waals surface area contributed by atoms with E-state index in [1.54, 1.807) is 6.92 Å². The highest BCUT2D eigenvalue weighted by Crippen LogP contribution is 2.12. The van der Waals surface area contributed by atoms with Crippen LogP contribution in [0.15, 0.2) is 24.3 Å². The summed E-state index contributed by atoms with van der Waals surface area (Å²) >= 11 is 0. The summed E-state index contributed by atoms with van der Waals surface area (Å²) in [4.78, 5) is 26.2. The Morgan fingerprint density at radius 2 is 1.81 bits per heavy atom. The summed E-state index contributed by atoms with van der Waals surface area (Å²) < 4.78 is 37.1. The van der Waals surface area contributed by atoms with E-state index in [9.17, 15) is 22.4 Å². The van der Waals surface area contributed by atoms with Crippen molar-refractivity contribution >= 4 is 21.8 Å². The Kier molecular flexibility index (Phi) is 8.16. The van der Waals surface area contributed by atoms with E-state index < -0.39 is 27.8 Å². The van der Waals surface area contributed by atoms with Crippen molar-refractivity contribution in [1.82, 2.24) is 14.5 Å². The molecule has 26 heavy (non-hydrogen) atoms. The van der Waals surface area contributed by atoms with Crippen LogP contribution in [-0.4, -0.2) is 61.9 Å². The van der Waals surface area contributed by atoms with Gasteiger partial charge in [0.05, 0.1) is 12.8 Å². The highest BCUT2D eigenvalue weighted by molar-refractivity contribution is 7.88. The largest absolute Gasteiger partial charge is 0.354 e. The van der Waals surface area contributed by atoms with Gasteiger partial charge < -0.3 is 10.2 Å². The van der Waals surface area contributed by atoms with E-state index in [-0.39, 0.29) is 19.0 Å². The number of rotatable bonds is 9. The van der Waals surface area contributed by atoms with Gasteiger partial charge in [-0.2, -0.15) is 4.31 Å². The molecule has 1 N–H and O–H groups in total. The predicted molar refractivity (Wildman–Crippen MR) is 97.2 cm³/mol. The number of hydrogen-bond acceptors (Lipinski definition) is 4. The number of carbonyl (C=O) groups is 2. The lowest BCUT2D eigenvalue weighted by atomic mass is 10.1. The molecule has 146 valence electrons. The zero-order chi connectivity index (χ0) is 19.9. The topological polar surface area (TPSA) is 86.8 Å². The lowest BCUT2D eigenvalue weighted by Gasteiger charge is -2.30. The fraction of sp³-hybridized carbons (Fsp3) is 0.529. The average molecular weight is 387 g/mol. The molecule has 0 saturated carbocycles. The minimum atomic E-state index is -3.53. The maximum atomic E-state index is 13.1. The Labute approximate surface area is 154 Å². The Morgan fingerprint density at radius 3 is 2.31 bits per heavy atom. The van der Waals surface area contributed by atoms with Gasteiger partial charge in [-0.15, -0.1) is 0 Å². The summed E-state index contributed by atoms with van der Waals surface area (Å²) in [6, 6.07) is 4.77. The van der Waals surface area contributed by atoms with E-state index in [1.807, 2.05) is 6.92 Å². The van der Waals surface area contributed by atoms with Gasteiger partial charge in [0, 0.05) is 20.1 Å². The Bertz CT molecular complexity index is 722. The summed E-state index contributed by atoms with van der Waals surface area (Å²) in [7, 11) is -2.24. The highest BCUT2D eigenvalue weighted by atomic mass is 32.2. The van der Waals surface area contributed by atoms with Gasteiger partial charge in [0.1, 0.15) is 11.9 Å². The van der Waals surface area contributed by atoms with Crippen LogP contribution in [-0.2, 0) is 26.2 Å². The van der Waals surface area contributed by atoms with Crippen LogP contribution >= 0.6 is 0 Å². The van der Waals surface area contributed by atoms with Crippen molar-refractivity contribution in [3.63, 3.8) is 0 Å². The van der Waals surface area contributed by atoms with Crippen molar-refractivity contribution < 1.29 is 22.4 Å². The number of nitrogens with zero attached hydrogens (tertiary/aromatic N) is 2. The quantitative estimate of drug-likeness (QED) is 0.684. The monoisotopic (exact) mass is 387 g/mol. The van der Waals surface area contributed by atoms with Gasteiger partial charge in [-0.1, -0.05) is 19.1 Å². The first kappa shape index (κ1) is 22.0. The number of hydrogen-bond donors (Lipinski definition) is 1. The van der Waals surface area contributed by atoms with Crippen LogP contribution < -0.4 is 5.32 Å². The molecule has 1 atom stereocenters. The van der Waals surface area contributed by atoms with Crippen molar-refractivity contribution in [2.75, 3.05) is 26.4 Å². The molecule has 2 amide bonds. The molecule has 0 heterocycles. The average Bonchev–Trinajstić information content (AvgIpc) is 2.57. The third-order valence-corrected chi connectivity index (χ3v) is 5.17. The minimum absolute atomic E-state index is 0.0669. The zero-order valence-electron chi connectivity index (χ0n) is 15.5. The Balaban J connectivity index is 3.01. The van der Waals surface area contributed by atoms with E-state index in [0.717, 1.165) is 17.0 Å². The van der Waals surface area contributed by atoms with Crippen LogP contribution in [0.1, 0.15) is 25.8 Å². The van der Waals surface area contributed by atoms with Crippen LogP contribution in [0.25, 0.3) is 0 Å². The lowest BCUT2D eigenvalue weighted by Crippen LogP contribution is -2.50. The number of halogens is 1. The molecule has 1 rings (SSSR count). The Morgan fingerprint density at radius 1 is 1.23 bits per heavy atom. The summed E-state index contributed by atoms with van der Waals surface area (Å²) in [5.41, 5.74) is 0.636. The molecule has 0 spiro atoms. The number of carbonyl (C=O) groups excluding carboxylic acids is 2. The molecule has 0 aliphatic carbocycles. The second kappa shape index (κ2) is 9.63. The number of sulfonamides is 1. The molecular weight excluding hydrogens is 361 g/mol. The first-order chi connectivity index (χ1) is 12.1. The standard InChI is InChI=1S/C17H26FN3O4S/c1-5-10-19-17(23)13(2)21(11-14-6-8-15(18)9-7-14)16(22)12-20(3)26(4,24)25/h6-9,13H,5,10-12H2,1-4H3,(H,19,23). The summed E-state index contributed by atoms with van der Waals surface area (Å²) in [6.45, 7) is 3.65. The Hall–Kier alpha value is -2.00. The molecule has 0 aromatic heterocycles. The van der Waals surface area contributed by atoms with Gasteiger partial charge in [0.15, 0.2) is 0 Å². The van der Waals surface area contributed by atoms with Gasteiger partial charge in [0.2, 0.25) is 21.8 Å². The van der Waals surface area contributed by atoms with Crippen LogP contribution in [0.3, 0.4) is 0 Å². The van der Waals surface area contributed by atoms with Crippen LogP contribution in [0.4, 0.5) is 4.39 Å². The van der Waals surface area contributed by atoms with Crippen molar-refractivity contribution in [3.05, 3.63) is 35.6 Å². The van der Waals surface area contributed by atoms with Crippen molar-refractivity contribution in [2.24, 2.45) is 0 Å². The van der Waals surface area contributed by atoms with E-state index in [0.29, 0.717) is 12.1 Å². The van der Waals surface area contributed by atoms with Crippen molar-refractivity contribution in [2.45, 2.75) is 32.9 Å². The fourth-order valence-electron chi connectivity index (χ4n) is 2.16. The van der Waals surface area contributed by atoms with Crippen molar-refractivity contribution in [3.8, 4) is 0 Å². The maximum absolute atomic E-state index is 13.1. The maximum Gasteiger partial charge on any atom is 0.242 e. The fourth-order valence-corrected chi connectivity index (χ4v) is 2.51. The second-order valence-electron chi connectivity index (χ2n) is 6.13. The molecule has 0 bridgehead atoms. The number of amides is 2. The SMILES string of the molecule is CCCNC(=O)C(C)N(Cc1ccc(F)cc1)C(=O)CN(C)S(C)(=O)=O. The summed E-state index contributed by atoms with van der Waals surface area (Å²) in [5.74, 6) is -1.25. The number of likely N-dealkylation sites (N-methyl/N-ethyl adjacent to an activating group) is 1. The van der Waals surface area contributed by atoms with Crippen LogP contribution in [0.2, 0.25) is 0 Å². The number of benzene rings is 1. The third kappa shape index (κ3) is 6.72. The van der Waals surface area contributed by atoms with Gasteiger partial charge >= 0.3 is 0 Å². The number of nitrogens with one attached hydrogen (secondary N) is 1. The molecule has 0 saturated heterocycles. The van der Waals surface area contributed by atoms with Gasteiger partial charge in [-0.25, -0.2) is 12.8 Å². The predicted octanol–water partition coefficient (Wildman–Crippen LogP) is 0.960. The van der Waals surface area contributed by atoms with E-state index >= 15 is 0 Å². The first-order valence-corrected chi connectivity index (χ1v) is 10.1. The molecule has 0 radical (unpaired) electrons. The highest BCUT2D eigenvalue weighted by Gasteiger charge is 2.28. The molecule has 1 aromatic rings. The summed E-state index contributed by atoms with van der Waals surface area (Å²) in [5, 5.41) is 2.72. The van der Waals surface area contributed by atoms with E-state index in [2.05, 4.69) is 5.32 Å². The van der Waals surface area contributed by atoms with Gasteiger partial charge in [-0.3, -0.25) is 9.59 Å². The second-order valence-corrected chi connectivity index (χ2v) is 8.22. The minimum Gasteiger partial charge on any atom is -0.354 e. The molecule has 1 unspecified atom stereocenters. The molecule has 7 nitrogen and oxygen atoms in total. The van der Waals surface area contributed by atoms with Crippen LogP contribution in [0, 0.1) is 5.82 Å². The van der Waals surface area contributed by atoms with E-state index in [1.165, 1.54) is 36.2 Å². The van der Waals surface area contributed by atoms with Gasteiger partial charge in [-0.05, 0) is 31.0 Å². The van der Waals surface area contributed by atoms with Gasteiger partial charge in [0.25, 0.3) is 0 Å². The van der Waals surface area contributed by atoms with E-state index in [4.69, 9.17) is 0 Å². The molecule has 0 aliphatic heterocycles. The molecular formula is C17H26FN3O4S. The zero-order valence-corrected chi connectivity index (χ0v) is 16.3. The lowest BCUT2D eigenvalue weighted by molar-refractivity contribution is -0.140. The molecule has 0 aliphatic rings. The first-order valence-electron chi connectivity index (χ1n) is 8.29. The van der Waals surface area contributed by atoms with Crippen molar-refractivity contribution in [1.29, 1.82) is 0 Å². The normalized spacial score (nSPS) is 12.7.